The van der Waals surface area contributed by atoms with Crippen LogP contribution in [0.25, 0.3) is 11.0 Å². The highest BCUT2D eigenvalue weighted by Crippen LogP contribution is 2.26. The molecule has 1 atom stereocenters. The maximum Gasteiger partial charge on any atom is 0.411 e. The van der Waals surface area contributed by atoms with Gasteiger partial charge in [-0.1, -0.05) is 22.0 Å². The molecule has 0 radical (unpaired) electrons. The van der Waals surface area contributed by atoms with Crippen LogP contribution in [0.2, 0.25) is 0 Å². The summed E-state index contributed by atoms with van der Waals surface area (Å²) in [5.41, 5.74) is 1.64. The van der Waals surface area contributed by atoms with E-state index in [4.69, 9.17) is 0 Å². The van der Waals surface area contributed by atoms with Gasteiger partial charge in [0.1, 0.15) is 6.61 Å². The number of fused-ring (bicyclic) bond motifs is 1. The summed E-state index contributed by atoms with van der Waals surface area (Å²) >= 11 is 3.25. The molecule has 0 saturated heterocycles. The summed E-state index contributed by atoms with van der Waals surface area (Å²) in [5.74, 6) is 0. The quantitative estimate of drug-likeness (QED) is 0.842. The first kappa shape index (κ1) is 14.1. The third-order valence-electron chi connectivity index (χ3n) is 2.43. The van der Waals surface area contributed by atoms with Gasteiger partial charge in [-0.25, -0.2) is 4.79 Å². The Morgan fingerprint density at radius 2 is 1.95 bits per heavy atom. The normalized spacial score (nSPS) is 13.9. The smallest absolute Gasteiger partial charge is 0.371 e. The highest BCUT2D eigenvalue weighted by atomic mass is 79.9. The van der Waals surface area contributed by atoms with Gasteiger partial charge in [-0.15, -0.1) is 0 Å². The Labute approximate surface area is 114 Å². The van der Waals surface area contributed by atoms with Crippen molar-refractivity contribution in [2.24, 2.45) is 0 Å². The van der Waals surface area contributed by atoms with E-state index in [0.29, 0.717) is 11.0 Å². The number of halogens is 4. The first-order valence-electron chi connectivity index (χ1n) is 5.36. The fourth-order valence-corrected chi connectivity index (χ4v) is 2.09. The van der Waals surface area contributed by atoms with Gasteiger partial charge in [0.25, 0.3) is 0 Å². The molecule has 2 aromatic rings. The van der Waals surface area contributed by atoms with Gasteiger partial charge < -0.3 is 14.7 Å². The zero-order valence-electron chi connectivity index (χ0n) is 9.55. The third kappa shape index (κ3) is 3.84. The molecule has 1 heterocycles. The molecule has 0 spiro atoms. The Kier molecular flexibility index (Phi) is 4.00. The van der Waals surface area contributed by atoms with Crippen LogP contribution in [0.1, 0.15) is 10.4 Å². The molecule has 1 aromatic heterocycles. The number of alkyl halides is 4. The van der Waals surface area contributed by atoms with Crippen LogP contribution in [0, 0.1) is 0 Å². The minimum atomic E-state index is -4.33. The van der Waals surface area contributed by atoms with E-state index in [2.05, 4.69) is 30.6 Å². The lowest BCUT2D eigenvalue weighted by Crippen LogP contribution is -2.18. The largest absolute Gasteiger partial charge is 0.411 e. The second-order valence-corrected chi connectivity index (χ2v) is 5.09. The highest BCUT2D eigenvalue weighted by molar-refractivity contribution is 9.09. The highest BCUT2D eigenvalue weighted by Gasteiger charge is 2.27. The number of imidazole rings is 1. The van der Waals surface area contributed by atoms with Gasteiger partial charge in [0.05, 0.1) is 22.5 Å². The molecule has 8 heteroatoms. The van der Waals surface area contributed by atoms with Crippen molar-refractivity contribution in [3.05, 3.63) is 34.2 Å². The van der Waals surface area contributed by atoms with E-state index in [0.717, 1.165) is 5.56 Å². The predicted octanol–water partition coefficient (Wildman–Crippen LogP) is 2.87. The Morgan fingerprint density at radius 1 is 1.26 bits per heavy atom. The van der Waals surface area contributed by atoms with Crippen LogP contribution < -0.4 is 5.69 Å². The predicted molar refractivity (Wildman–Crippen MR) is 67.5 cm³/mol. The zero-order chi connectivity index (χ0) is 14.0. The molecule has 0 amide bonds. The first-order chi connectivity index (χ1) is 8.85. The molecule has 19 heavy (non-hydrogen) atoms. The van der Waals surface area contributed by atoms with Crippen molar-refractivity contribution in [1.29, 1.82) is 0 Å². The number of nitrogens with one attached hydrogen (secondary N) is 2. The summed E-state index contributed by atoms with van der Waals surface area (Å²) in [6.07, 6.45) is -4.33. The maximum absolute atomic E-state index is 11.9. The van der Waals surface area contributed by atoms with Crippen molar-refractivity contribution < 1.29 is 17.9 Å². The summed E-state index contributed by atoms with van der Waals surface area (Å²) < 4.78 is 40.4. The summed E-state index contributed by atoms with van der Waals surface area (Å²) in [6.45, 7) is -1.39. The lowest BCUT2D eigenvalue weighted by Gasteiger charge is -2.12. The summed E-state index contributed by atoms with van der Waals surface area (Å²) in [6, 6.07) is 5.08. The molecule has 0 saturated carbocycles. The molecule has 1 unspecified atom stereocenters. The van der Waals surface area contributed by atoms with Gasteiger partial charge in [-0.3, -0.25) is 0 Å². The van der Waals surface area contributed by atoms with Crippen LogP contribution >= 0.6 is 15.9 Å². The average Bonchev–Trinajstić information content (AvgIpc) is 2.65. The number of aromatic amines is 2. The summed E-state index contributed by atoms with van der Waals surface area (Å²) in [5, 5.41) is 0. The van der Waals surface area contributed by atoms with Crippen molar-refractivity contribution in [2.45, 2.75) is 11.0 Å². The van der Waals surface area contributed by atoms with Crippen LogP contribution in [0.15, 0.2) is 23.0 Å². The lowest BCUT2D eigenvalue weighted by molar-refractivity contribution is -0.173. The van der Waals surface area contributed by atoms with Crippen LogP contribution in [0.5, 0.6) is 0 Å². The molecule has 4 nitrogen and oxygen atoms in total. The molecule has 0 fully saturated rings. The van der Waals surface area contributed by atoms with Gasteiger partial charge in [-0.2, -0.15) is 13.2 Å². The fraction of sp³-hybridized carbons (Fsp3) is 0.364. The first-order valence-corrected chi connectivity index (χ1v) is 6.27. The van der Waals surface area contributed by atoms with E-state index < -0.39 is 12.8 Å². The second-order valence-electron chi connectivity index (χ2n) is 3.98. The van der Waals surface area contributed by atoms with Gasteiger partial charge in [0.2, 0.25) is 0 Å². The molecule has 0 aliphatic heterocycles. The number of rotatable bonds is 4. The van der Waals surface area contributed by atoms with Crippen molar-refractivity contribution >= 4 is 27.0 Å². The van der Waals surface area contributed by atoms with E-state index in [1.54, 1.807) is 18.2 Å². The molecule has 2 rings (SSSR count). The minimum absolute atomic E-state index is 0.111. The van der Waals surface area contributed by atoms with E-state index in [1.165, 1.54) is 0 Å². The fourth-order valence-electron chi connectivity index (χ4n) is 1.62. The topological polar surface area (TPSA) is 57.9 Å². The number of benzene rings is 1. The average molecular weight is 339 g/mol. The van der Waals surface area contributed by atoms with E-state index in [9.17, 15) is 18.0 Å². The van der Waals surface area contributed by atoms with Crippen LogP contribution in [0.4, 0.5) is 13.2 Å². The Balaban J connectivity index is 2.04. The Morgan fingerprint density at radius 3 is 2.63 bits per heavy atom. The molecule has 0 aliphatic carbocycles. The molecule has 2 N–H and O–H groups in total. The van der Waals surface area contributed by atoms with Crippen molar-refractivity contribution in [2.75, 3.05) is 13.2 Å². The molecule has 104 valence electrons. The molecule has 0 aliphatic rings. The van der Waals surface area contributed by atoms with Crippen LogP contribution in [0.3, 0.4) is 0 Å². The molecular formula is C11H10BrF3N2O2. The van der Waals surface area contributed by atoms with Crippen molar-refractivity contribution in [1.82, 2.24) is 9.97 Å². The number of ether oxygens (including phenoxy) is 1. The molecular weight excluding hydrogens is 329 g/mol. The van der Waals surface area contributed by atoms with Gasteiger partial charge >= 0.3 is 11.9 Å². The summed E-state index contributed by atoms with van der Waals surface area (Å²) in [4.78, 5) is 15.9. The number of hydrogen-bond donors (Lipinski definition) is 2. The lowest BCUT2D eigenvalue weighted by atomic mass is 10.1. The zero-order valence-corrected chi connectivity index (χ0v) is 11.1. The van der Waals surface area contributed by atoms with Crippen molar-refractivity contribution in [3.8, 4) is 0 Å². The Hall–Kier alpha value is -1.28. The maximum atomic E-state index is 11.9. The van der Waals surface area contributed by atoms with Gasteiger partial charge in [0.15, 0.2) is 0 Å². The van der Waals surface area contributed by atoms with E-state index in [1.807, 2.05) is 0 Å². The number of H-pyrrole nitrogens is 2. The molecule has 1 aromatic carbocycles. The number of hydrogen-bond acceptors (Lipinski definition) is 2. The van der Waals surface area contributed by atoms with Gasteiger partial charge in [-0.05, 0) is 17.7 Å². The second kappa shape index (κ2) is 5.38. The standard InChI is InChI=1S/C11H10BrF3N2O2/c12-7(4-19-5-11(13,14)15)6-1-2-8-9(3-6)17-10(18)16-8/h1-3,7H,4-5H2,(H2,16,17,18). The third-order valence-corrected chi connectivity index (χ3v) is 3.22. The monoisotopic (exact) mass is 338 g/mol. The summed E-state index contributed by atoms with van der Waals surface area (Å²) in [7, 11) is 0. The van der Waals surface area contributed by atoms with Crippen molar-refractivity contribution in [3.63, 3.8) is 0 Å². The van der Waals surface area contributed by atoms with Crippen LogP contribution in [-0.2, 0) is 4.74 Å². The molecule has 0 bridgehead atoms. The SMILES string of the molecule is O=c1[nH]c2ccc(C(Br)COCC(F)(F)F)cc2[nH]1. The minimum Gasteiger partial charge on any atom is -0.371 e. The Bertz CT molecular complexity index is 620. The van der Waals surface area contributed by atoms with Gasteiger partial charge in [0, 0.05) is 0 Å². The van der Waals surface area contributed by atoms with E-state index in [-0.39, 0.29) is 17.1 Å². The van der Waals surface area contributed by atoms with E-state index >= 15 is 0 Å². The van der Waals surface area contributed by atoms with Crippen LogP contribution in [-0.4, -0.2) is 29.4 Å². The number of aromatic nitrogens is 2.